The third-order valence-corrected chi connectivity index (χ3v) is 7.32. The summed E-state index contributed by atoms with van der Waals surface area (Å²) in [6.45, 7) is 3.65. The Balaban J connectivity index is 1.63. The van der Waals surface area contributed by atoms with E-state index in [4.69, 9.17) is 0 Å². The number of amides is 5. The topological polar surface area (TPSA) is 86.8 Å². The van der Waals surface area contributed by atoms with Crippen molar-refractivity contribution < 1.29 is 19.2 Å². The lowest BCUT2D eigenvalue weighted by Crippen LogP contribution is -2.60. The van der Waals surface area contributed by atoms with E-state index in [1.54, 1.807) is 24.3 Å². The molecule has 0 spiro atoms. The molecule has 0 aromatic heterocycles. The molecule has 2 fully saturated rings. The molecule has 1 aliphatic heterocycles. The van der Waals surface area contributed by atoms with Crippen LogP contribution >= 0.6 is 0 Å². The van der Waals surface area contributed by atoms with Crippen molar-refractivity contribution in [2.75, 3.05) is 0 Å². The highest BCUT2D eigenvalue weighted by Gasteiger charge is 2.47. The number of rotatable bonds is 5. The number of imide groups is 2. The van der Waals surface area contributed by atoms with Gasteiger partial charge in [0.25, 0.3) is 17.7 Å². The number of carbonyl (C=O) groups is 4. The fourth-order valence-electron chi connectivity index (χ4n) is 5.57. The van der Waals surface area contributed by atoms with E-state index in [-0.39, 0.29) is 24.0 Å². The SMILES string of the molecule is CC(C)[C@@H](C(=O)N(C(=O)NC1CCCCC1)C1CCCCC1)N1C(=O)c2ccccc2C1=O. The van der Waals surface area contributed by atoms with E-state index in [9.17, 15) is 19.2 Å². The van der Waals surface area contributed by atoms with Crippen molar-refractivity contribution in [2.24, 2.45) is 5.92 Å². The first-order chi connectivity index (χ1) is 15.9. The lowest BCUT2D eigenvalue weighted by molar-refractivity contribution is -0.136. The Kier molecular flexibility index (Phi) is 7.15. The van der Waals surface area contributed by atoms with Gasteiger partial charge in [-0.15, -0.1) is 0 Å². The van der Waals surface area contributed by atoms with Gasteiger partial charge in [0.15, 0.2) is 0 Å². The van der Waals surface area contributed by atoms with Crippen LogP contribution in [-0.2, 0) is 4.79 Å². The van der Waals surface area contributed by atoms with Crippen molar-refractivity contribution in [3.8, 4) is 0 Å². The van der Waals surface area contributed by atoms with Gasteiger partial charge in [0.2, 0.25) is 0 Å². The second-order valence-electron chi connectivity index (χ2n) is 10.00. The first-order valence-corrected chi connectivity index (χ1v) is 12.5. The van der Waals surface area contributed by atoms with Crippen LogP contribution < -0.4 is 5.32 Å². The quantitative estimate of drug-likeness (QED) is 0.665. The second kappa shape index (κ2) is 10.1. The van der Waals surface area contributed by atoms with Crippen molar-refractivity contribution in [3.63, 3.8) is 0 Å². The zero-order chi connectivity index (χ0) is 23.5. The molecule has 178 valence electrons. The van der Waals surface area contributed by atoms with Crippen LogP contribution in [0.15, 0.2) is 24.3 Å². The Hall–Kier alpha value is -2.70. The van der Waals surface area contributed by atoms with Gasteiger partial charge in [-0.05, 0) is 43.7 Å². The smallest absolute Gasteiger partial charge is 0.324 e. The maximum atomic E-state index is 14.0. The summed E-state index contributed by atoms with van der Waals surface area (Å²) < 4.78 is 0. The normalized spacial score (nSPS) is 20.6. The van der Waals surface area contributed by atoms with Crippen molar-refractivity contribution in [2.45, 2.75) is 96.2 Å². The van der Waals surface area contributed by atoms with Crippen molar-refractivity contribution in [1.82, 2.24) is 15.1 Å². The third kappa shape index (κ3) is 4.68. The second-order valence-corrected chi connectivity index (χ2v) is 10.00. The van der Waals surface area contributed by atoms with Gasteiger partial charge in [0.1, 0.15) is 6.04 Å². The lowest BCUT2D eigenvalue weighted by atomic mass is 9.92. The summed E-state index contributed by atoms with van der Waals surface area (Å²) in [6.07, 6.45) is 9.71. The Morgan fingerprint density at radius 2 is 1.39 bits per heavy atom. The van der Waals surface area contributed by atoms with E-state index in [0.717, 1.165) is 62.7 Å². The van der Waals surface area contributed by atoms with Gasteiger partial charge in [-0.1, -0.05) is 64.5 Å². The molecule has 0 bridgehead atoms. The van der Waals surface area contributed by atoms with Crippen molar-refractivity contribution in [3.05, 3.63) is 35.4 Å². The molecule has 7 nitrogen and oxygen atoms in total. The highest BCUT2D eigenvalue weighted by molar-refractivity contribution is 6.23. The fourth-order valence-corrected chi connectivity index (χ4v) is 5.57. The molecule has 1 N–H and O–H groups in total. The van der Waals surface area contributed by atoms with E-state index >= 15 is 0 Å². The average molecular weight is 454 g/mol. The Bertz CT molecular complexity index is 881. The molecule has 2 aliphatic carbocycles. The number of nitrogens with zero attached hydrogens (tertiary/aromatic N) is 2. The zero-order valence-corrected chi connectivity index (χ0v) is 19.7. The van der Waals surface area contributed by atoms with Crippen LogP contribution in [0, 0.1) is 5.92 Å². The summed E-state index contributed by atoms with van der Waals surface area (Å²) in [7, 11) is 0. The molecule has 0 radical (unpaired) electrons. The summed E-state index contributed by atoms with van der Waals surface area (Å²) in [5.41, 5.74) is 0.633. The van der Waals surface area contributed by atoms with E-state index in [0.29, 0.717) is 11.1 Å². The largest absolute Gasteiger partial charge is 0.335 e. The van der Waals surface area contributed by atoms with E-state index in [1.165, 1.54) is 11.3 Å². The minimum Gasteiger partial charge on any atom is -0.335 e. The maximum absolute atomic E-state index is 14.0. The van der Waals surface area contributed by atoms with Crippen LogP contribution in [0.2, 0.25) is 0 Å². The molecular formula is C26H35N3O4. The molecule has 7 heteroatoms. The van der Waals surface area contributed by atoms with Crippen molar-refractivity contribution >= 4 is 23.8 Å². The molecule has 33 heavy (non-hydrogen) atoms. The molecule has 0 saturated heterocycles. The van der Waals surface area contributed by atoms with Crippen LogP contribution in [0.5, 0.6) is 0 Å². The lowest BCUT2D eigenvalue weighted by Gasteiger charge is -2.39. The number of hydrogen-bond acceptors (Lipinski definition) is 4. The minimum atomic E-state index is -1.02. The Labute approximate surface area is 195 Å². The molecule has 3 aliphatic rings. The predicted octanol–water partition coefficient (Wildman–Crippen LogP) is 4.51. The first kappa shape index (κ1) is 23.5. The van der Waals surface area contributed by atoms with E-state index in [1.807, 2.05) is 13.8 Å². The summed E-state index contributed by atoms with van der Waals surface area (Å²) in [5.74, 6) is -1.69. The standard InChI is InChI=1S/C26H35N3O4/c1-17(2)22(29-23(30)20-15-9-10-16-21(20)24(29)31)25(32)28(19-13-7-4-8-14-19)26(33)27-18-11-5-3-6-12-18/h9-10,15-19,22H,3-8,11-14H2,1-2H3,(H,27,33)/t22-/m0/s1. The van der Waals surface area contributed by atoms with Gasteiger partial charge >= 0.3 is 6.03 Å². The molecule has 1 heterocycles. The number of hydrogen-bond donors (Lipinski definition) is 1. The summed E-state index contributed by atoms with van der Waals surface area (Å²) in [4.78, 5) is 56.3. The number of nitrogens with one attached hydrogen (secondary N) is 1. The number of urea groups is 1. The van der Waals surface area contributed by atoms with Crippen LogP contribution in [0.25, 0.3) is 0 Å². The summed E-state index contributed by atoms with van der Waals surface area (Å²) in [6, 6.07) is 5.14. The van der Waals surface area contributed by atoms with Gasteiger partial charge in [0, 0.05) is 12.1 Å². The molecule has 0 unspecified atom stereocenters. The maximum Gasteiger partial charge on any atom is 0.324 e. The number of benzene rings is 1. The minimum absolute atomic E-state index is 0.0712. The predicted molar refractivity (Wildman–Crippen MR) is 125 cm³/mol. The first-order valence-electron chi connectivity index (χ1n) is 12.5. The van der Waals surface area contributed by atoms with Gasteiger partial charge in [-0.3, -0.25) is 24.2 Å². The molecule has 1 aromatic rings. The molecule has 1 aromatic carbocycles. The zero-order valence-electron chi connectivity index (χ0n) is 19.7. The van der Waals surface area contributed by atoms with Crippen LogP contribution in [0.4, 0.5) is 4.79 Å². The van der Waals surface area contributed by atoms with Crippen LogP contribution in [-0.4, -0.2) is 51.7 Å². The van der Waals surface area contributed by atoms with Crippen molar-refractivity contribution in [1.29, 1.82) is 0 Å². The Morgan fingerprint density at radius 3 is 1.91 bits per heavy atom. The molecule has 1 atom stereocenters. The van der Waals surface area contributed by atoms with Gasteiger partial charge < -0.3 is 5.32 Å². The highest BCUT2D eigenvalue weighted by Crippen LogP contribution is 2.31. The fraction of sp³-hybridized carbons (Fsp3) is 0.615. The van der Waals surface area contributed by atoms with Crippen LogP contribution in [0.3, 0.4) is 0 Å². The van der Waals surface area contributed by atoms with Crippen LogP contribution in [0.1, 0.15) is 98.8 Å². The van der Waals surface area contributed by atoms with E-state index in [2.05, 4.69) is 5.32 Å². The highest BCUT2D eigenvalue weighted by atomic mass is 16.2. The molecular weight excluding hydrogens is 418 g/mol. The van der Waals surface area contributed by atoms with Gasteiger partial charge in [-0.2, -0.15) is 0 Å². The average Bonchev–Trinajstić information content (AvgIpc) is 3.06. The monoisotopic (exact) mass is 453 g/mol. The number of carbonyl (C=O) groups excluding carboxylic acids is 4. The van der Waals surface area contributed by atoms with Gasteiger partial charge in [-0.25, -0.2) is 4.79 Å². The molecule has 2 saturated carbocycles. The van der Waals surface area contributed by atoms with E-state index < -0.39 is 23.8 Å². The summed E-state index contributed by atoms with van der Waals surface area (Å²) in [5, 5.41) is 3.10. The summed E-state index contributed by atoms with van der Waals surface area (Å²) >= 11 is 0. The molecule has 5 amide bonds. The van der Waals surface area contributed by atoms with Gasteiger partial charge in [0.05, 0.1) is 11.1 Å². The molecule has 4 rings (SSSR count). The third-order valence-electron chi connectivity index (χ3n) is 7.32. The Morgan fingerprint density at radius 1 is 0.879 bits per heavy atom. The number of fused-ring (bicyclic) bond motifs is 1.